The molecule has 1 aliphatic rings. The molecule has 3 rings (SSSR count). The molecule has 2 heteroatoms. The van der Waals surface area contributed by atoms with Crippen molar-refractivity contribution in [1.29, 1.82) is 0 Å². The Bertz CT molecular complexity index is 643. The number of allylic oxidation sites excluding steroid dienone is 4. The van der Waals surface area contributed by atoms with E-state index in [1.807, 2.05) is 0 Å². The summed E-state index contributed by atoms with van der Waals surface area (Å²) in [5, 5.41) is 2.75. The molecular weight excluding hydrogens is 248 g/mol. The Kier molecular flexibility index (Phi) is 4.26. The van der Waals surface area contributed by atoms with E-state index in [9.17, 15) is 9.59 Å². The van der Waals surface area contributed by atoms with Gasteiger partial charge in [0, 0.05) is 0 Å². The number of carbonyl (C=O) groups excluding carboxylic acids is 2. The zero-order valence-electron chi connectivity index (χ0n) is 11.6. The van der Waals surface area contributed by atoms with E-state index in [2.05, 4.69) is 50.2 Å². The number of hydrogen-bond acceptors (Lipinski definition) is 2. The Hall–Kier alpha value is -2.48. The second-order valence-electron chi connectivity index (χ2n) is 4.72. The molecular formula is C18H16O2. The van der Waals surface area contributed by atoms with Gasteiger partial charge >= 0.3 is 0 Å². The summed E-state index contributed by atoms with van der Waals surface area (Å²) in [5.74, 6) is -0.241. The summed E-state index contributed by atoms with van der Waals surface area (Å²) in [5.41, 5.74) is 2.72. The van der Waals surface area contributed by atoms with Crippen LogP contribution in [0.3, 0.4) is 0 Å². The van der Waals surface area contributed by atoms with Crippen LogP contribution in [0.5, 0.6) is 0 Å². The lowest BCUT2D eigenvalue weighted by atomic mass is 10.0. The third-order valence-corrected chi connectivity index (χ3v) is 3.18. The summed E-state index contributed by atoms with van der Waals surface area (Å²) in [6.45, 7) is 4.31. The smallest absolute Gasteiger partial charge is 0.178 e. The van der Waals surface area contributed by atoms with Crippen molar-refractivity contribution in [3.05, 3.63) is 71.8 Å². The molecule has 1 aliphatic carbocycles. The molecule has 2 aromatic carbocycles. The molecule has 0 spiro atoms. The van der Waals surface area contributed by atoms with Crippen LogP contribution < -0.4 is 0 Å². The first-order chi connectivity index (χ1) is 9.58. The predicted octanol–water partition coefficient (Wildman–Crippen LogP) is 3.71. The average molecular weight is 264 g/mol. The fraction of sp³-hybridized carbons (Fsp3) is 0.111. The van der Waals surface area contributed by atoms with Crippen LogP contribution in [-0.4, -0.2) is 11.6 Å². The topological polar surface area (TPSA) is 34.1 Å². The highest BCUT2D eigenvalue weighted by molar-refractivity contribution is 6.14. The predicted molar refractivity (Wildman–Crippen MR) is 81.7 cm³/mol. The maximum atomic E-state index is 10.3. The van der Waals surface area contributed by atoms with Gasteiger partial charge in [0.25, 0.3) is 0 Å². The lowest BCUT2D eigenvalue weighted by Crippen LogP contribution is -1.97. The highest BCUT2D eigenvalue weighted by Crippen LogP contribution is 2.20. The van der Waals surface area contributed by atoms with Gasteiger partial charge in [-0.3, -0.25) is 9.59 Å². The first kappa shape index (κ1) is 13.9. The van der Waals surface area contributed by atoms with Crippen molar-refractivity contribution in [2.24, 2.45) is 0 Å². The lowest BCUT2D eigenvalue weighted by molar-refractivity contribution is -0.113. The van der Waals surface area contributed by atoms with E-state index < -0.39 is 0 Å². The van der Waals surface area contributed by atoms with Gasteiger partial charge in [0.15, 0.2) is 11.6 Å². The van der Waals surface area contributed by atoms with Crippen LogP contribution >= 0.6 is 0 Å². The van der Waals surface area contributed by atoms with E-state index in [0.29, 0.717) is 0 Å². The van der Waals surface area contributed by atoms with Crippen molar-refractivity contribution in [1.82, 2.24) is 0 Å². The molecule has 0 amide bonds. The minimum Gasteiger partial charge on any atom is -0.290 e. The molecule has 0 fully saturated rings. The van der Waals surface area contributed by atoms with Gasteiger partial charge in [0.05, 0.1) is 0 Å². The molecule has 2 nitrogen and oxygen atoms in total. The van der Waals surface area contributed by atoms with Crippen LogP contribution in [-0.2, 0) is 9.59 Å². The van der Waals surface area contributed by atoms with Crippen LogP contribution in [0, 0.1) is 13.8 Å². The summed E-state index contributed by atoms with van der Waals surface area (Å²) in [6.07, 6.45) is 5.01. The Labute approximate surface area is 118 Å². The first-order valence-corrected chi connectivity index (χ1v) is 6.47. The summed E-state index contributed by atoms with van der Waals surface area (Å²) in [7, 11) is 0. The van der Waals surface area contributed by atoms with Crippen molar-refractivity contribution in [3.8, 4) is 0 Å². The van der Waals surface area contributed by atoms with Gasteiger partial charge in [-0.15, -0.1) is 0 Å². The highest BCUT2D eigenvalue weighted by atomic mass is 16.1. The van der Waals surface area contributed by atoms with Gasteiger partial charge in [0.2, 0.25) is 0 Å². The van der Waals surface area contributed by atoms with E-state index in [0.717, 1.165) is 0 Å². The molecule has 0 heterocycles. The molecule has 0 unspecified atom stereocenters. The van der Waals surface area contributed by atoms with Crippen molar-refractivity contribution in [3.63, 3.8) is 0 Å². The Morgan fingerprint density at radius 1 is 0.600 bits per heavy atom. The largest absolute Gasteiger partial charge is 0.290 e. The minimum atomic E-state index is -0.121. The second-order valence-corrected chi connectivity index (χ2v) is 4.72. The minimum absolute atomic E-state index is 0.121. The molecule has 20 heavy (non-hydrogen) atoms. The van der Waals surface area contributed by atoms with Crippen LogP contribution in [0.2, 0.25) is 0 Å². The van der Waals surface area contributed by atoms with Crippen molar-refractivity contribution >= 4 is 22.3 Å². The Morgan fingerprint density at radius 2 is 0.950 bits per heavy atom. The number of aryl methyl sites for hydroxylation is 2. The highest BCUT2D eigenvalue weighted by Gasteiger charge is 1.98. The molecule has 0 bridgehead atoms. The van der Waals surface area contributed by atoms with Crippen molar-refractivity contribution < 1.29 is 9.59 Å². The molecule has 0 saturated heterocycles. The zero-order valence-corrected chi connectivity index (χ0v) is 11.6. The summed E-state index contributed by atoms with van der Waals surface area (Å²) >= 11 is 0. The number of fused-ring (bicyclic) bond motifs is 1. The third kappa shape index (κ3) is 3.29. The van der Waals surface area contributed by atoms with Crippen LogP contribution in [0.25, 0.3) is 10.8 Å². The number of benzene rings is 2. The molecule has 0 saturated carbocycles. The van der Waals surface area contributed by atoms with Crippen LogP contribution in [0.15, 0.2) is 60.7 Å². The SMILES string of the molecule is Cc1ccc(C)c2ccccc12.O=C1C=CC(=O)C=C1. The van der Waals surface area contributed by atoms with E-state index >= 15 is 0 Å². The van der Waals surface area contributed by atoms with Gasteiger partial charge in [-0.1, -0.05) is 36.4 Å². The Morgan fingerprint density at radius 3 is 1.30 bits per heavy atom. The van der Waals surface area contributed by atoms with Gasteiger partial charge in [-0.2, -0.15) is 0 Å². The quantitative estimate of drug-likeness (QED) is 0.680. The zero-order chi connectivity index (χ0) is 14.5. The van der Waals surface area contributed by atoms with Gasteiger partial charge in [0.1, 0.15) is 0 Å². The number of rotatable bonds is 0. The number of hydrogen-bond donors (Lipinski definition) is 0. The molecule has 0 radical (unpaired) electrons. The maximum Gasteiger partial charge on any atom is 0.178 e. The van der Waals surface area contributed by atoms with Gasteiger partial charge in [-0.25, -0.2) is 0 Å². The fourth-order valence-electron chi connectivity index (χ4n) is 2.04. The first-order valence-electron chi connectivity index (χ1n) is 6.47. The third-order valence-electron chi connectivity index (χ3n) is 3.18. The Balaban J connectivity index is 0.000000160. The van der Waals surface area contributed by atoms with E-state index in [1.165, 1.54) is 46.2 Å². The van der Waals surface area contributed by atoms with Crippen molar-refractivity contribution in [2.75, 3.05) is 0 Å². The molecule has 100 valence electrons. The second kappa shape index (κ2) is 6.11. The van der Waals surface area contributed by atoms with Gasteiger partial charge < -0.3 is 0 Å². The summed E-state index contributed by atoms with van der Waals surface area (Å²) in [6, 6.07) is 12.9. The average Bonchev–Trinajstić information content (AvgIpc) is 2.47. The molecule has 0 N–H and O–H groups in total. The summed E-state index contributed by atoms with van der Waals surface area (Å²) < 4.78 is 0. The normalized spacial score (nSPS) is 13.3. The monoisotopic (exact) mass is 264 g/mol. The standard InChI is InChI=1S/C12H12.C6H4O2/c1-9-7-8-10(2)12-6-4-3-5-11(9)12;7-5-1-2-6(8)4-3-5/h3-8H,1-2H3;1-4H. The molecule has 0 aromatic heterocycles. The maximum absolute atomic E-state index is 10.3. The molecule has 0 atom stereocenters. The summed E-state index contributed by atoms with van der Waals surface area (Å²) in [4.78, 5) is 20.6. The lowest BCUT2D eigenvalue weighted by Gasteiger charge is -2.03. The molecule has 2 aromatic rings. The van der Waals surface area contributed by atoms with Crippen LogP contribution in [0.1, 0.15) is 11.1 Å². The molecule has 0 aliphatic heterocycles. The van der Waals surface area contributed by atoms with E-state index in [4.69, 9.17) is 0 Å². The fourth-order valence-corrected chi connectivity index (χ4v) is 2.04. The van der Waals surface area contributed by atoms with Crippen molar-refractivity contribution in [2.45, 2.75) is 13.8 Å². The van der Waals surface area contributed by atoms with E-state index in [-0.39, 0.29) is 11.6 Å². The van der Waals surface area contributed by atoms with Gasteiger partial charge in [-0.05, 0) is 60.1 Å². The van der Waals surface area contributed by atoms with Crippen LogP contribution in [0.4, 0.5) is 0 Å². The number of ketones is 2. The van der Waals surface area contributed by atoms with E-state index in [1.54, 1.807) is 0 Å². The number of carbonyl (C=O) groups is 2.